The lowest BCUT2D eigenvalue weighted by molar-refractivity contribution is 0.0719. The fourth-order valence-corrected chi connectivity index (χ4v) is 3.63. The normalized spacial score (nSPS) is 14.9. The zero-order valence-electron chi connectivity index (χ0n) is 16.2. The van der Waals surface area contributed by atoms with Gasteiger partial charge in [-0.2, -0.15) is 0 Å². The molecule has 1 aromatic heterocycles. The van der Waals surface area contributed by atoms with E-state index in [-0.39, 0.29) is 11.8 Å². The number of benzene rings is 2. The van der Waals surface area contributed by atoms with Gasteiger partial charge < -0.3 is 14.8 Å². The second-order valence-electron chi connectivity index (χ2n) is 7.37. The molecule has 1 N–H and O–H groups in total. The third-order valence-corrected chi connectivity index (χ3v) is 5.49. The first kappa shape index (κ1) is 18.2. The molecule has 2 heterocycles. The van der Waals surface area contributed by atoms with Crippen LogP contribution in [0.5, 0.6) is 0 Å². The summed E-state index contributed by atoms with van der Waals surface area (Å²) in [5.41, 5.74) is 5.35. The number of fused-ring (bicyclic) bond motifs is 1. The number of aryl methyl sites for hydroxylation is 2. The van der Waals surface area contributed by atoms with Crippen molar-refractivity contribution in [1.82, 2.24) is 19.8 Å². The molecular formula is C22H24N4O2. The van der Waals surface area contributed by atoms with Crippen molar-refractivity contribution in [3.8, 4) is 0 Å². The van der Waals surface area contributed by atoms with Crippen LogP contribution in [0.15, 0.2) is 42.7 Å². The van der Waals surface area contributed by atoms with Crippen LogP contribution in [0.1, 0.15) is 38.3 Å². The molecule has 0 saturated carbocycles. The highest BCUT2D eigenvalue weighted by Gasteiger charge is 2.24. The Bertz CT molecular complexity index is 1040. The van der Waals surface area contributed by atoms with Gasteiger partial charge in [-0.15, -0.1) is 0 Å². The average molecular weight is 376 g/mol. The van der Waals surface area contributed by atoms with E-state index in [2.05, 4.69) is 9.97 Å². The summed E-state index contributed by atoms with van der Waals surface area (Å²) in [6.07, 6.45) is 2.40. The van der Waals surface area contributed by atoms with E-state index >= 15 is 0 Å². The molecule has 144 valence electrons. The lowest BCUT2D eigenvalue weighted by Crippen LogP contribution is -2.37. The summed E-state index contributed by atoms with van der Waals surface area (Å²) in [5.74, 6) is 0.0354. The van der Waals surface area contributed by atoms with Gasteiger partial charge in [0.05, 0.1) is 17.4 Å². The van der Waals surface area contributed by atoms with Gasteiger partial charge in [0, 0.05) is 37.3 Å². The van der Waals surface area contributed by atoms with Gasteiger partial charge in [-0.3, -0.25) is 9.59 Å². The van der Waals surface area contributed by atoms with E-state index in [4.69, 9.17) is 0 Å². The van der Waals surface area contributed by atoms with Crippen LogP contribution in [0, 0.1) is 13.8 Å². The third-order valence-electron chi connectivity index (χ3n) is 5.49. The Balaban J connectivity index is 1.46. The maximum Gasteiger partial charge on any atom is 0.253 e. The van der Waals surface area contributed by atoms with Crippen LogP contribution in [-0.4, -0.2) is 57.8 Å². The number of amides is 2. The topological polar surface area (TPSA) is 69.3 Å². The summed E-state index contributed by atoms with van der Waals surface area (Å²) in [5, 5.41) is 0. The Morgan fingerprint density at radius 1 is 0.857 bits per heavy atom. The summed E-state index contributed by atoms with van der Waals surface area (Å²) in [6.45, 7) is 6.46. The second-order valence-corrected chi connectivity index (χ2v) is 7.37. The van der Waals surface area contributed by atoms with Gasteiger partial charge >= 0.3 is 0 Å². The zero-order chi connectivity index (χ0) is 19.7. The molecule has 1 aliphatic heterocycles. The van der Waals surface area contributed by atoms with E-state index in [9.17, 15) is 9.59 Å². The number of carbonyl (C=O) groups is 2. The second kappa shape index (κ2) is 7.46. The third kappa shape index (κ3) is 3.50. The summed E-state index contributed by atoms with van der Waals surface area (Å²) in [6, 6.07) is 11.3. The highest BCUT2D eigenvalue weighted by Crippen LogP contribution is 2.17. The van der Waals surface area contributed by atoms with Crippen molar-refractivity contribution in [2.45, 2.75) is 20.3 Å². The smallest absolute Gasteiger partial charge is 0.253 e. The average Bonchev–Trinajstić information content (AvgIpc) is 3.04. The molecule has 1 fully saturated rings. The van der Waals surface area contributed by atoms with Crippen molar-refractivity contribution in [2.75, 3.05) is 26.2 Å². The molecule has 0 bridgehead atoms. The predicted molar refractivity (Wildman–Crippen MR) is 108 cm³/mol. The highest BCUT2D eigenvalue weighted by atomic mass is 16.2. The van der Waals surface area contributed by atoms with Crippen molar-refractivity contribution >= 4 is 22.8 Å². The number of aromatic amines is 1. The van der Waals surface area contributed by atoms with E-state index in [1.165, 1.54) is 5.56 Å². The van der Waals surface area contributed by atoms with Gasteiger partial charge in [0.1, 0.15) is 0 Å². The van der Waals surface area contributed by atoms with Crippen molar-refractivity contribution in [3.05, 3.63) is 65.0 Å². The first-order valence-corrected chi connectivity index (χ1v) is 9.62. The minimum absolute atomic E-state index is 0.00280. The SMILES string of the molecule is Cc1ccc(C(=O)N2CCCN(C(=O)c3ccc4nc[nH]c4c3)CC2)cc1C. The van der Waals surface area contributed by atoms with E-state index in [1.54, 1.807) is 6.33 Å². The maximum atomic E-state index is 12.9. The summed E-state index contributed by atoms with van der Waals surface area (Å²) in [4.78, 5) is 36.8. The molecular weight excluding hydrogens is 352 g/mol. The van der Waals surface area contributed by atoms with E-state index in [1.807, 2.05) is 60.0 Å². The van der Waals surface area contributed by atoms with Gasteiger partial charge in [-0.1, -0.05) is 6.07 Å². The number of nitrogens with one attached hydrogen (secondary N) is 1. The number of rotatable bonds is 2. The van der Waals surface area contributed by atoms with Gasteiger partial charge in [0.15, 0.2) is 0 Å². The minimum Gasteiger partial charge on any atom is -0.345 e. The largest absolute Gasteiger partial charge is 0.345 e. The quantitative estimate of drug-likeness (QED) is 0.747. The first-order valence-electron chi connectivity index (χ1n) is 9.62. The number of hydrogen-bond donors (Lipinski definition) is 1. The van der Waals surface area contributed by atoms with E-state index in [0.717, 1.165) is 23.0 Å². The molecule has 0 atom stereocenters. The van der Waals surface area contributed by atoms with Gasteiger partial charge in [0.2, 0.25) is 0 Å². The van der Waals surface area contributed by atoms with Crippen molar-refractivity contribution < 1.29 is 9.59 Å². The van der Waals surface area contributed by atoms with Crippen LogP contribution in [0.3, 0.4) is 0 Å². The van der Waals surface area contributed by atoms with Crippen LogP contribution in [-0.2, 0) is 0 Å². The first-order chi connectivity index (χ1) is 13.5. The van der Waals surface area contributed by atoms with Gasteiger partial charge in [0.25, 0.3) is 11.8 Å². The summed E-state index contributed by atoms with van der Waals surface area (Å²) >= 11 is 0. The van der Waals surface area contributed by atoms with Crippen molar-refractivity contribution in [3.63, 3.8) is 0 Å². The molecule has 1 aliphatic rings. The molecule has 28 heavy (non-hydrogen) atoms. The molecule has 4 rings (SSSR count). The zero-order valence-corrected chi connectivity index (χ0v) is 16.2. The standard InChI is InChI=1S/C22H24N4O2/c1-15-4-5-17(12-16(15)2)21(27)25-8-3-9-26(11-10-25)22(28)18-6-7-19-20(13-18)24-14-23-19/h4-7,12-14H,3,8-11H2,1-2H3,(H,23,24). The number of carbonyl (C=O) groups excluding carboxylic acids is 2. The lowest BCUT2D eigenvalue weighted by atomic mass is 10.1. The molecule has 6 heteroatoms. The van der Waals surface area contributed by atoms with Crippen LogP contribution in [0.25, 0.3) is 11.0 Å². The fraction of sp³-hybridized carbons (Fsp3) is 0.318. The molecule has 3 aromatic rings. The van der Waals surface area contributed by atoms with Crippen LogP contribution >= 0.6 is 0 Å². The minimum atomic E-state index is -0.00280. The summed E-state index contributed by atoms with van der Waals surface area (Å²) < 4.78 is 0. The Hall–Kier alpha value is -3.15. The predicted octanol–water partition coefficient (Wildman–Crippen LogP) is 3.17. The number of aromatic nitrogens is 2. The Morgan fingerprint density at radius 3 is 2.18 bits per heavy atom. The van der Waals surface area contributed by atoms with Gasteiger partial charge in [-0.05, 0) is 61.7 Å². The molecule has 1 saturated heterocycles. The monoisotopic (exact) mass is 376 g/mol. The van der Waals surface area contributed by atoms with Gasteiger partial charge in [-0.25, -0.2) is 4.98 Å². The maximum absolute atomic E-state index is 12.9. The molecule has 2 aromatic carbocycles. The summed E-state index contributed by atoms with van der Waals surface area (Å²) in [7, 11) is 0. The molecule has 0 radical (unpaired) electrons. The fourth-order valence-electron chi connectivity index (χ4n) is 3.63. The van der Waals surface area contributed by atoms with Crippen LogP contribution in [0.2, 0.25) is 0 Å². The number of hydrogen-bond acceptors (Lipinski definition) is 3. The Kier molecular flexibility index (Phi) is 4.86. The highest BCUT2D eigenvalue weighted by molar-refractivity contribution is 5.97. The van der Waals surface area contributed by atoms with E-state index in [0.29, 0.717) is 37.3 Å². The number of H-pyrrole nitrogens is 1. The molecule has 0 aliphatic carbocycles. The molecule has 0 unspecified atom stereocenters. The van der Waals surface area contributed by atoms with Crippen LogP contribution < -0.4 is 0 Å². The molecule has 6 nitrogen and oxygen atoms in total. The molecule has 0 spiro atoms. The number of nitrogens with zero attached hydrogens (tertiary/aromatic N) is 3. The van der Waals surface area contributed by atoms with Crippen molar-refractivity contribution in [2.24, 2.45) is 0 Å². The Morgan fingerprint density at radius 2 is 1.50 bits per heavy atom. The van der Waals surface area contributed by atoms with E-state index < -0.39 is 0 Å². The van der Waals surface area contributed by atoms with Crippen LogP contribution in [0.4, 0.5) is 0 Å². The number of imidazole rings is 1. The lowest BCUT2D eigenvalue weighted by Gasteiger charge is -2.22. The van der Waals surface area contributed by atoms with Crippen molar-refractivity contribution in [1.29, 1.82) is 0 Å². The Labute approximate surface area is 164 Å². The molecule has 2 amide bonds.